The smallest absolute Gasteiger partial charge is 0.242 e. The van der Waals surface area contributed by atoms with Crippen LogP contribution in [0.1, 0.15) is 19.4 Å². The van der Waals surface area contributed by atoms with Crippen molar-refractivity contribution < 1.29 is 12.8 Å². The third-order valence-electron chi connectivity index (χ3n) is 2.49. The second-order valence-corrected chi connectivity index (χ2v) is 6.70. The van der Waals surface area contributed by atoms with Gasteiger partial charge in [-0.1, -0.05) is 19.9 Å². The molecule has 0 saturated carbocycles. The van der Waals surface area contributed by atoms with Crippen LogP contribution >= 0.6 is 0 Å². The summed E-state index contributed by atoms with van der Waals surface area (Å²) in [5, 5.41) is 3.13. The van der Waals surface area contributed by atoms with Crippen LogP contribution in [-0.2, 0) is 16.6 Å². The number of sulfonamides is 1. The van der Waals surface area contributed by atoms with E-state index in [1.807, 2.05) is 13.8 Å². The molecule has 0 radical (unpaired) electrons. The Morgan fingerprint density at radius 3 is 2.44 bits per heavy atom. The molecule has 102 valence electrons. The summed E-state index contributed by atoms with van der Waals surface area (Å²) in [6.07, 6.45) is 0. The van der Waals surface area contributed by atoms with Gasteiger partial charge in [0.25, 0.3) is 0 Å². The quantitative estimate of drug-likeness (QED) is 0.886. The predicted molar refractivity (Wildman–Crippen MR) is 69.2 cm³/mol. The standard InChI is InChI=1S/C12H19FN2O2S/c1-9(2)14-8-10-5-6-11(13)7-12(10)18(16,17)15(3)4/h5-7,9,14H,8H2,1-4H3. The molecule has 0 unspecified atom stereocenters. The number of rotatable bonds is 5. The molecule has 4 nitrogen and oxygen atoms in total. The molecule has 1 aromatic carbocycles. The summed E-state index contributed by atoms with van der Waals surface area (Å²) in [5.74, 6) is -0.552. The molecular weight excluding hydrogens is 255 g/mol. The molecule has 0 aliphatic heterocycles. The summed E-state index contributed by atoms with van der Waals surface area (Å²) in [5.41, 5.74) is 0.568. The molecule has 1 N–H and O–H groups in total. The fourth-order valence-electron chi connectivity index (χ4n) is 1.43. The molecule has 0 aliphatic carbocycles. The summed E-state index contributed by atoms with van der Waals surface area (Å²) < 4.78 is 38.5. The summed E-state index contributed by atoms with van der Waals surface area (Å²) >= 11 is 0. The maximum Gasteiger partial charge on any atom is 0.242 e. The van der Waals surface area contributed by atoms with Crippen molar-refractivity contribution in [1.82, 2.24) is 9.62 Å². The first-order valence-electron chi connectivity index (χ1n) is 5.69. The monoisotopic (exact) mass is 274 g/mol. The number of halogens is 1. The normalized spacial score (nSPS) is 12.4. The Morgan fingerprint density at radius 1 is 1.33 bits per heavy atom. The molecule has 0 aliphatic rings. The zero-order valence-corrected chi connectivity index (χ0v) is 11.9. The Bertz CT molecular complexity index is 513. The zero-order chi connectivity index (χ0) is 13.9. The van der Waals surface area contributed by atoms with Crippen LogP contribution in [0, 0.1) is 5.82 Å². The Kier molecular flexibility index (Phi) is 4.84. The van der Waals surface area contributed by atoms with Crippen LogP contribution in [-0.4, -0.2) is 32.9 Å². The van der Waals surface area contributed by atoms with E-state index in [2.05, 4.69) is 5.32 Å². The van der Waals surface area contributed by atoms with E-state index >= 15 is 0 Å². The number of hydrogen-bond acceptors (Lipinski definition) is 3. The highest BCUT2D eigenvalue weighted by Gasteiger charge is 2.21. The molecule has 18 heavy (non-hydrogen) atoms. The van der Waals surface area contributed by atoms with Gasteiger partial charge in [0.05, 0.1) is 4.90 Å². The Labute approximate surface area is 108 Å². The summed E-state index contributed by atoms with van der Waals surface area (Å²) in [6, 6.07) is 4.06. The summed E-state index contributed by atoms with van der Waals surface area (Å²) in [7, 11) is -0.764. The van der Waals surface area contributed by atoms with E-state index in [9.17, 15) is 12.8 Å². The molecule has 0 heterocycles. The lowest BCUT2D eigenvalue weighted by atomic mass is 10.2. The molecule has 6 heteroatoms. The zero-order valence-electron chi connectivity index (χ0n) is 11.1. The minimum atomic E-state index is -3.62. The van der Waals surface area contributed by atoms with Gasteiger partial charge < -0.3 is 5.32 Å². The molecule has 0 spiro atoms. The van der Waals surface area contributed by atoms with Crippen molar-refractivity contribution in [2.24, 2.45) is 0 Å². The van der Waals surface area contributed by atoms with Gasteiger partial charge in [-0.3, -0.25) is 0 Å². The Morgan fingerprint density at radius 2 is 1.94 bits per heavy atom. The van der Waals surface area contributed by atoms with Gasteiger partial charge >= 0.3 is 0 Å². The highest BCUT2D eigenvalue weighted by molar-refractivity contribution is 7.89. The molecular formula is C12H19FN2O2S. The maximum atomic E-state index is 13.2. The van der Waals surface area contributed by atoms with Crippen molar-refractivity contribution in [3.05, 3.63) is 29.6 Å². The van der Waals surface area contributed by atoms with Crippen molar-refractivity contribution in [1.29, 1.82) is 0 Å². The predicted octanol–water partition coefficient (Wildman–Crippen LogP) is 1.57. The number of nitrogens with zero attached hydrogens (tertiary/aromatic N) is 1. The van der Waals surface area contributed by atoms with Crippen LogP contribution in [0.5, 0.6) is 0 Å². The van der Waals surface area contributed by atoms with Crippen molar-refractivity contribution in [3.8, 4) is 0 Å². The van der Waals surface area contributed by atoms with Gasteiger partial charge in [0.1, 0.15) is 5.82 Å². The van der Waals surface area contributed by atoms with Gasteiger partial charge in [0, 0.05) is 26.7 Å². The lowest BCUT2D eigenvalue weighted by Crippen LogP contribution is -2.27. The molecule has 0 fully saturated rings. The largest absolute Gasteiger partial charge is 0.310 e. The SMILES string of the molecule is CC(C)NCc1ccc(F)cc1S(=O)(=O)N(C)C. The summed E-state index contributed by atoms with van der Waals surface area (Å²) in [6.45, 7) is 4.31. The summed E-state index contributed by atoms with van der Waals surface area (Å²) in [4.78, 5) is 0.0145. The van der Waals surface area contributed by atoms with Crippen LogP contribution in [0.15, 0.2) is 23.1 Å². The maximum absolute atomic E-state index is 13.2. The average molecular weight is 274 g/mol. The second kappa shape index (κ2) is 5.77. The first-order valence-corrected chi connectivity index (χ1v) is 7.13. The van der Waals surface area contributed by atoms with Gasteiger partial charge in [-0.25, -0.2) is 17.1 Å². The molecule has 1 aromatic rings. The van der Waals surface area contributed by atoms with Crippen molar-refractivity contribution >= 4 is 10.0 Å². The third kappa shape index (κ3) is 3.51. The first kappa shape index (κ1) is 15.1. The Hall–Kier alpha value is -0.980. The Balaban J connectivity index is 3.20. The van der Waals surface area contributed by atoms with E-state index in [0.29, 0.717) is 12.1 Å². The molecule has 1 rings (SSSR count). The minimum absolute atomic E-state index is 0.0145. The van der Waals surface area contributed by atoms with Gasteiger partial charge in [0.15, 0.2) is 0 Å². The molecule has 0 saturated heterocycles. The lowest BCUT2D eigenvalue weighted by molar-refractivity contribution is 0.514. The van der Waals surface area contributed by atoms with Crippen LogP contribution < -0.4 is 5.32 Å². The van der Waals surface area contributed by atoms with Gasteiger partial charge in [-0.05, 0) is 17.7 Å². The highest BCUT2D eigenvalue weighted by atomic mass is 32.2. The number of benzene rings is 1. The fraction of sp³-hybridized carbons (Fsp3) is 0.500. The van der Waals surface area contributed by atoms with Gasteiger partial charge in [-0.15, -0.1) is 0 Å². The van der Waals surface area contributed by atoms with Crippen LogP contribution in [0.3, 0.4) is 0 Å². The van der Waals surface area contributed by atoms with E-state index in [1.54, 1.807) is 0 Å². The second-order valence-electron chi connectivity index (χ2n) is 4.58. The van der Waals surface area contributed by atoms with Crippen molar-refractivity contribution in [2.75, 3.05) is 14.1 Å². The van der Waals surface area contributed by atoms with Crippen LogP contribution in [0.2, 0.25) is 0 Å². The fourth-order valence-corrected chi connectivity index (χ4v) is 2.55. The molecule has 0 atom stereocenters. The van der Waals surface area contributed by atoms with Gasteiger partial charge in [-0.2, -0.15) is 0 Å². The van der Waals surface area contributed by atoms with Crippen LogP contribution in [0.25, 0.3) is 0 Å². The van der Waals surface area contributed by atoms with E-state index in [1.165, 1.54) is 26.2 Å². The first-order chi connectivity index (χ1) is 8.25. The number of nitrogens with one attached hydrogen (secondary N) is 1. The van der Waals surface area contributed by atoms with Crippen molar-refractivity contribution in [2.45, 2.75) is 31.3 Å². The minimum Gasteiger partial charge on any atom is -0.310 e. The molecule has 0 amide bonds. The van der Waals surface area contributed by atoms with E-state index in [-0.39, 0.29) is 10.9 Å². The lowest BCUT2D eigenvalue weighted by Gasteiger charge is -2.16. The van der Waals surface area contributed by atoms with Crippen LogP contribution in [0.4, 0.5) is 4.39 Å². The van der Waals surface area contributed by atoms with E-state index in [4.69, 9.17) is 0 Å². The molecule has 0 aromatic heterocycles. The van der Waals surface area contributed by atoms with Gasteiger partial charge in [0.2, 0.25) is 10.0 Å². The molecule has 0 bridgehead atoms. The van der Waals surface area contributed by atoms with E-state index < -0.39 is 15.8 Å². The third-order valence-corrected chi connectivity index (χ3v) is 4.39. The van der Waals surface area contributed by atoms with Crippen molar-refractivity contribution in [3.63, 3.8) is 0 Å². The highest BCUT2D eigenvalue weighted by Crippen LogP contribution is 2.20. The number of hydrogen-bond donors (Lipinski definition) is 1. The average Bonchev–Trinajstić information content (AvgIpc) is 2.26. The topological polar surface area (TPSA) is 49.4 Å². The van der Waals surface area contributed by atoms with E-state index in [0.717, 1.165) is 10.4 Å².